The van der Waals surface area contributed by atoms with Crippen LogP contribution in [0.25, 0.3) is 0 Å². The monoisotopic (exact) mass is 215 g/mol. The molecule has 0 aliphatic carbocycles. The Balaban J connectivity index is 2.69. The van der Waals surface area contributed by atoms with Crippen molar-refractivity contribution in [1.29, 1.82) is 5.26 Å². The quantitative estimate of drug-likeness (QED) is 0.721. The summed E-state index contributed by atoms with van der Waals surface area (Å²) in [6, 6.07) is 4.64. The molecule has 0 unspecified atom stereocenters. The van der Waals surface area contributed by atoms with Crippen molar-refractivity contribution in [3.8, 4) is 6.07 Å². The topological polar surface area (TPSA) is 33.0 Å². The molecule has 0 radical (unpaired) electrons. The molecular weight excluding hydrogens is 198 g/mol. The first-order valence-electron chi connectivity index (χ1n) is 5.59. The molecule has 16 heavy (non-hydrogen) atoms. The van der Waals surface area contributed by atoms with Gasteiger partial charge < -0.3 is 4.74 Å². The third kappa shape index (κ3) is 1.36. The van der Waals surface area contributed by atoms with Gasteiger partial charge in [-0.05, 0) is 55.5 Å². The van der Waals surface area contributed by atoms with Crippen molar-refractivity contribution < 1.29 is 4.74 Å². The van der Waals surface area contributed by atoms with Gasteiger partial charge in [0.15, 0.2) is 0 Å². The first-order valence-corrected chi connectivity index (χ1v) is 5.59. The summed E-state index contributed by atoms with van der Waals surface area (Å²) >= 11 is 0. The Morgan fingerprint density at radius 2 is 1.62 bits per heavy atom. The van der Waals surface area contributed by atoms with E-state index in [0.29, 0.717) is 13.2 Å². The zero-order valence-corrected chi connectivity index (χ0v) is 10.3. The Bertz CT molecular complexity index is 452. The number of hydrogen-bond acceptors (Lipinski definition) is 2. The average molecular weight is 215 g/mol. The van der Waals surface area contributed by atoms with Gasteiger partial charge >= 0.3 is 0 Å². The van der Waals surface area contributed by atoms with Crippen molar-refractivity contribution in [3.63, 3.8) is 0 Å². The summed E-state index contributed by atoms with van der Waals surface area (Å²) in [7, 11) is 0. The van der Waals surface area contributed by atoms with E-state index in [-0.39, 0.29) is 0 Å². The summed E-state index contributed by atoms with van der Waals surface area (Å²) in [4.78, 5) is 0. The van der Waals surface area contributed by atoms with Gasteiger partial charge in [-0.1, -0.05) is 6.07 Å². The first-order chi connectivity index (χ1) is 7.52. The van der Waals surface area contributed by atoms with Crippen LogP contribution >= 0.6 is 0 Å². The molecule has 0 N–H and O–H groups in total. The minimum atomic E-state index is -0.398. The van der Waals surface area contributed by atoms with Gasteiger partial charge in [0.25, 0.3) is 0 Å². The van der Waals surface area contributed by atoms with Crippen molar-refractivity contribution in [1.82, 2.24) is 0 Å². The minimum absolute atomic E-state index is 0.398. The fourth-order valence-electron chi connectivity index (χ4n) is 2.51. The van der Waals surface area contributed by atoms with Gasteiger partial charge in [-0.2, -0.15) is 5.26 Å². The second kappa shape index (κ2) is 3.61. The van der Waals surface area contributed by atoms with E-state index in [4.69, 9.17) is 4.74 Å². The molecule has 1 aliphatic heterocycles. The summed E-state index contributed by atoms with van der Waals surface area (Å²) in [6.07, 6.45) is 0. The average Bonchev–Trinajstić information content (AvgIpc) is 2.19. The largest absolute Gasteiger partial charge is 0.377 e. The van der Waals surface area contributed by atoms with Gasteiger partial charge in [0.05, 0.1) is 19.3 Å². The zero-order valence-electron chi connectivity index (χ0n) is 10.3. The Morgan fingerprint density at radius 3 is 1.94 bits per heavy atom. The molecular formula is C14H17NO. The molecule has 0 atom stereocenters. The lowest BCUT2D eigenvalue weighted by molar-refractivity contribution is -0.0304. The maximum Gasteiger partial charge on any atom is 0.129 e. The molecule has 1 aliphatic rings. The summed E-state index contributed by atoms with van der Waals surface area (Å²) in [5.74, 6) is 0. The van der Waals surface area contributed by atoms with Crippen molar-refractivity contribution >= 4 is 0 Å². The standard InChI is InChI=1S/C14H17NO/c1-9-5-10(2)12(4)13(11(9)3)14(6-15)7-16-8-14/h5H,7-8H2,1-4H3. The molecule has 0 bridgehead atoms. The summed E-state index contributed by atoms with van der Waals surface area (Å²) in [6.45, 7) is 9.50. The lowest BCUT2D eigenvalue weighted by Crippen LogP contribution is -2.46. The predicted octanol–water partition coefficient (Wildman–Crippen LogP) is 2.71. The molecule has 0 amide bonds. The third-order valence-corrected chi connectivity index (χ3v) is 3.76. The second-order valence-corrected chi connectivity index (χ2v) is 4.82. The van der Waals surface area contributed by atoms with E-state index in [0.717, 1.165) is 0 Å². The van der Waals surface area contributed by atoms with Crippen LogP contribution in [0.4, 0.5) is 0 Å². The van der Waals surface area contributed by atoms with Crippen molar-refractivity contribution in [3.05, 3.63) is 33.9 Å². The molecule has 0 spiro atoms. The fourth-order valence-corrected chi connectivity index (χ4v) is 2.51. The number of aryl methyl sites for hydroxylation is 2. The van der Waals surface area contributed by atoms with E-state index >= 15 is 0 Å². The summed E-state index contributed by atoms with van der Waals surface area (Å²) < 4.78 is 5.25. The Morgan fingerprint density at radius 1 is 1.12 bits per heavy atom. The van der Waals surface area contributed by atoms with Gasteiger partial charge in [0, 0.05) is 0 Å². The molecule has 0 aromatic heterocycles. The summed E-state index contributed by atoms with van der Waals surface area (Å²) in [5.41, 5.74) is 5.81. The molecule has 1 fully saturated rings. The highest BCUT2D eigenvalue weighted by Crippen LogP contribution is 2.38. The smallest absolute Gasteiger partial charge is 0.129 e. The van der Waals surface area contributed by atoms with E-state index in [9.17, 15) is 5.26 Å². The van der Waals surface area contributed by atoms with Crippen LogP contribution in [0.1, 0.15) is 27.8 Å². The van der Waals surface area contributed by atoms with Crippen LogP contribution in [-0.2, 0) is 10.2 Å². The van der Waals surface area contributed by atoms with Crippen LogP contribution in [0.3, 0.4) is 0 Å². The van der Waals surface area contributed by atoms with E-state index < -0.39 is 5.41 Å². The molecule has 1 saturated heterocycles. The maximum absolute atomic E-state index is 9.39. The Labute approximate surface area is 96.9 Å². The predicted molar refractivity (Wildman–Crippen MR) is 63.5 cm³/mol. The highest BCUT2D eigenvalue weighted by molar-refractivity contribution is 5.52. The molecule has 2 nitrogen and oxygen atoms in total. The highest BCUT2D eigenvalue weighted by atomic mass is 16.5. The van der Waals surface area contributed by atoms with E-state index in [1.165, 1.54) is 27.8 Å². The van der Waals surface area contributed by atoms with E-state index in [1.54, 1.807) is 0 Å². The third-order valence-electron chi connectivity index (χ3n) is 3.76. The normalized spacial score (nSPS) is 17.7. The fraction of sp³-hybridized carbons (Fsp3) is 0.500. The Hall–Kier alpha value is -1.33. The molecule has 84 valence electrons. The zero-order chi connectivity index (χ0) is 11.9. The van der Waals surface area contributed by atoms with Gasteiger partial charge in [0.1, 0.15) is 5.41 Å². The number of rotatable bonds is 1. The molecule has 1 heterocycles. The van der Waals surface area contributed by atoms with Crippen LogP contribution in [0.5, 0.6) is 0 Å². The number of benzene rings is 1. The van der Waals surface area contributed by atoms with Gasteiger partial charge in [0.2, 0.25) is 0 Å². The van der Waals surface area contributed by atoms with Crippen molar-refractivity contribution in [2.24, 2.45) is 0 Å². The van der Waals surface area contributed by atoms with Gasteiger partial charge in [-0.25, -0.2) is 0 Å². The van der Waals surface area contributed by atoms with Gasteiger partial charge in [-0.15, -0.1) is 0 Å². The number of nitrogens with zero attached hydrogens (tertiary/aromatic N) is 1. The first kappa shape index (κ1) is 11.2. The molecule has 1 aromatic carbocycles. The minimum Gasteiger partial charge on any atom is -0.377 e. The molecule has 1 aromatic rings. The van der Waals surface area contributed by atoms with Crippen LogP contribution in [0.15, 0.2) is 6.07 Å². The van der Waals surface area contributed by atoms with Crippen LogP contribution in [0, 0.1) is 39.0 Å². The second-order valence-electron chi connectivity index (χ2n) is 4.82. The van der Waals surface area contributed by atoms with Crippen molar-refractivity contribution in [2.75, 3.05) is 13.2 Å². The summed E-state index contributed by atoms with van der Waals surface area (Å²) in [5, 5.41) is 9.39. The van der Waals surface area contributed by atoms with Crippen LogP contribution in [0.2, 0.25) is 0 Å². The van der Waals surface area contributed by atoms with Crippen LogP contribution < -0.4 is 0 Å². The maximum atomic E-state index is 9.39. The molecule has 2 heteroatoms. The lowest BCUT2D eigenvalue weighted by Gasteiger charge is -2.38. The van der Waals surface area contributed by atoms with E-state index in [2.05, 4.69) is 39.8 Å². The molecule has 0 saturated carbocycles. The Kier molecular flexibility index (Phi) is 2.52. The highest BCUT2D eigenvalue weighted by Gasteiger charge is 2.43. The SMILES string of the molecule is Cc1cc(C)c(C)c(C2(C#N)COC2)c1C. The van der Waals surface area contributed by atoms with E-state index in [1.807, 2.05) is 0 Å². The van der Waals surface area contributed by atoms with Gasteiger partial charge in [-0.3, -0.25) is 0 Å². The number of hydrogen-bond donors (Lipinski definition) is 0. The molecule has 2 rings (SSSR count). The lowest BCUT2D eigenvalue weighted by atomic mass is 9.74. The number of nitriles is 1. The van der Waals surface area contributed by atoms with Crippen LogP contribution in [-0.4, -0.2) is 13.2 Å². The van der Waals surface area contributed by atoms with Crippen molar-refractivity contribution in [2.45, 2.75) is 33.1 Å². The number of ether oxygens (including phenoxy) is 1.